The van der Waals surface area contributed by atoms with Crippen LogP contribution < -0.4 is 14.2 Å². The highest BCUT2D eigenvalue weighted by atomic mass is 32.2. The minimum atomic E-state index is -3.28. The van der Waals surface area contributed by atoms with Gasteiger partial charge in [0.25, 0.3) is 0 Å². The van der Waals surface area contributed by atoms with Gasteiger partial charge in [0.05, 0.1) is 33.0 Å². The monoisotopic (exact) mass is 333 g/mol. The summed E-state index contributed by atoms with van der Waals surface area (Å²) in [5.41, 5.74) is 0.767. The molecule has 1 aromatic rings. The number of rotatable bonds is 5. The van der Waals surface area contributed by atoms with Gasteiger partial charge in [-0.3, -0.25) is 0 Å². The van der Waals surface area contributed by atoms with E-state index in [2.05, 4.69) is 0 Å². The molecule has 1 aliphatic rings. The van der Waals surface area contributed by atoms with E-state index in [1.807, 2.05) is 0 Å². The lowest BCUT2D eigenvalue weighted by molar-refractivity contribution is 0.344. The number of thioether (sulfide) groups is 1. The molecular weight excluding hydrogens is 314 g/mol. The first kappa shape index (κ1) is 16.3. The quantitative estimate of drug-likeness (QED) is 0.817. The first-order chi connectivity index (χ1) is 9.92. The zero-order valence-electron chi connectivity index (χ0n) is 12.5. The van der Waals surface area contributed by atoms with Crippen LogP contribution >= 0.6 is 11.8 Å². The molecule has 1 heterocycles. The molecule has 0 radical (unpaired) electrons. The zero-order chi connectivity index (χ0) is 15.6. The molecule has 1 atom stereocenters. The van der Waals surface area contributed by atoms with Crippen molar-refractivity contribution in [1.29, 1.82) is 0 Å². The van der Waals surface area contributed by atoms with Crippen LogP contribution in [0.1, 0.15) is 10.9 Å². The highest BCUT2D eigenvalue weighted by Gasteiger charge is 2.35. The van der Waals surface area contributed by atoms with Crippen LogP contribution in [0.3, 0.4) is 0 Å². The Morgan fingerprint density at radius 1 is 1.10 bits per heavy atom. The van der Waals surface area contributed by atoms with Crippen LogP contribution in [0, 0.1) is 0 Å². The molecular formula is C13H19NO5S2. The fourth-order valence-corrected chi connectivity index (χ4v) is 5.10. The lowest BCUT2D eigenvalue weighted by Gasteiger charge is -2.24. The molecule has 1 aromatic carbocycles. The number of hydrogen-bond donors (Lipinski definition) is 0. The third-order valence-electron chi connectivity index (χ3n) is 3.28. The molecule has 1 aliphatic heterocycles. The van der Waals surface area contributed by atoms with Crippen LogP contribution in [0.2, 0.25) is 0 Å². The summed E-state index contributed by atoms with van der Waals surface area (Å²) in [6, 6.07) is 3.49. The third kappa shape index (κ3) is 3.22. The van der Waals surface area contributed by atoms with Crippen LogP contribution in [-0.2, 0) is 10.0 Å². The SMILES string of the molecule is COc1cc(OC)c(C2SCCN2S(C)(=O)=O)cc1OC. The van der Waals surface area contributed by atoms with Gasteiger partial charge < -0.3 is 14.2 Å². The van der Waals surface area contributed by atoms with E-state index < -0.39 is 10.0 Å². The minimum Gasteiger partial charge on any atom is -0.496 e. The normalized spacial score (nSPS) is 19.5. The summed E-state index contributed by atoms with van der Waals surface area (Å²) in [6.07, 6.45) is 1.22. The highest BCUT2D eigenvalue weighted by molar-refractivity contribution is 8.00. The maximum atomic E-state index is 11.9. The van der Waals surface area contributed by atoms with E-state index in [1.54, 1.807) is 45.2 Å². The summed E-state index contributed by atoms with van der Waals surface area (Å²) in [7, 11) is 1.37. The van der Waals surface area contributed by atoms with Crippen LogP contribution in [0.15, 0.2) is 12.1 Å². The zero-order valence-corrected chi connectivity index (χ0v) is 14.1. The Hall–Kier alpha value is -1.12. The van der Waals surface area contributed by atoms with Crippen molar-refractivity contribution >= 4 is 21.8 Å². The molecule has 1 unspecified atom stereocenters. The molecule has 0 spiro atoms. The Bertz CT molecular complexity index is 617. The van der Waals surface area contributed by atoms with Crippen LogP contribution in [-0.4, -0.2) is 52.6 Å². The van der Waals surface area contributed by atoms with Crippen LogP contribution in [0.5, 0.6) is 17.2 Å². The van der Waals surface area contributed by atoms with Crippen molar-refractivity contribution in [2.24, 2.45) is 0 Å². The number of nitrogens with zero attached hydrogens (tertiary/aromatic N) is 1. The maximum Gasteiger partial charge on any atom is 0.212 e. The van der Waals surface area contributed by atoms with Crippen molar-refractivity contribution in [3.05, 3.63) is 17.7 Å². The second kappa shape index (κ2) is 6.33. The summed E-state index contributed by atoms with van der Waals surface area (Å²) in [5.74, 6) is 2.43. The smallest absolute Gasteiger partial charge is 0.212 e. The van der Waals surface area contributed by atoms with Crippen molar-refractivity contribution < 1.29 is 22.6 Å². The Labute approximate surface area is 129 Å². The molecule has 8 heteroatoms. The van der Waals surface area contributed by atoms with Crippen molar-refractivity contribution in [1.82, 2.24) is 4.31 Å². The molecule has 1 fully saturated rings. The lowest BCUT2D eigenvalue weighted by Crippen LogP contribution is -2.29. The Morgan fingerprint density at radius 2 is 1.67 bits per heavy atom. The van der Waals surface area contributed by atoms with E-state index in [9.17, 15) is 8.42 Å². The molecule has 0 aromatic heterocycles. The van der Waals surface area contributed by atoms with Gasteiger partial charge in [0.2, 0.25) is 10.0 Å². The number of sulfonamides is 1. The molecule has 2 rings (SSSR count). The number of hydrogen-bond acceptors (Lipinski definition) is 6. The molecule has 0 N–H and O–H groups in total. The van der Waals surface area contributed by atoms with Crippen molar-refractivity contribution in [2.75, 3.05) is 39.9 Å². The summed E-state index contributed by atoms with van der Waals surface area (Å²) in [4.78, 5) is 0. The van der Waals surface area contributed by atoms with E-state index in [1.165, 1.54) is 10.6 Å². The van der Waals surface area contributed by atoms with Gasteiger partial charge >= 0.3 is 0 Å². The molecule has 6 nitrogen and oxygen atoms in total. The lowest BCUT2D eigenvalue weighted by atomic mass is 10.1. The molecule has 1 saturated heterocycles. The largest absolute Gasteiger partial charge is 0.496 e. The van der Waals surface area contributed by atoms with Crippen molar-refractivity contribution in [3.63, 3.8) is 0 Å². The van der Waals surface area contributed by atoms with E-state index in [4.69, 9.17) is 14.2 Å². The van der Waals surface area contributed by atoms with E-state index >= 15 is 0 Å². The molecule has 118 valence electrons. The number of methoxy groups -OCH3 is 3. The Kier molecular flexibility index (Phi) is 4.90. The summed E-state index contributed by atoms with van der Waals surface area (Å²) in [6.45, 7) is 0.492. The van der Waals surface area contributed by atoms with E-state index in [0.29, 0.717) is 23.8 Å². The second-order valence-corrected chi connectivity index (χ2v) is 7.67. The molecule has 0 amide bonds. The van der Waals surface area contributed by atoms with Crippen molar-refractivity contribution in [3.8, 4) is 17.2 Å². The van der Waals surface area contributed by atoms with E-state index in [-0.39, 0.29) is 5.37 Å². The van der Waals surface area contributed by atoms with Gasteiger partial charge in [0, 0.05) is 23.9 Å². The standard InChI is InChI=1S/C13H19NO5S2/c1-17-10-8-12(19-3)11(18-2)7-9(10)13-14(5-6-20-13)21(4,15)16/h7-8,13H,5-6H2,1-4H3. The second-order valence-electron chi connectivity index (χ2n) is 4.55. The first-order valence-corrected chi connectivity index (χ1v) is 9.20. The summed E-state index contributed by atoms with van der Waals surface area (Å²) < 4.78 is 41.2. The van der Waals surface area contributed by atoms with Crippen molar-refractivity contribution in [2.45, 2.75) is 5.37 Å². The molecule has 0 saturated carbocycles. The molecule has 0 aliphatic carbocycles. The maximum absolute atomic E-state index is 11.9. The average molecular weight is 333 g/mol. The fourth-order valence-electron chi connectivity index (χ4n) is 2.29. The Balaban J connectivity index is 2.52. The first-order valence-electron chi connectivity index (χ1n) is 6.30. The predicted octanol–water partition coefficient (Wildman–Crippen LogP) is 1.72. The number of ether oxygens (including phenoxy) is 3. The van der Waals surface area contributed by atoms with E-state index in [0.717, 1.165) is 11.3 Å². The van der Waals surface area contributed by atoms with Gasteiger partial charge in [-0.1, -0.05) is 0 Å². The minimum absolute atomic E-state index is 0.310. The van der Waals surface area contributed by atoms with Crippen LogP contribution in [0.25, 0.3) is 0 Å². The van der Waals surface area contributed by atoms with Gasteiger partial charge in [-0.25, -0.2) is 8.42 Å². The van der Waals surface area contributed by atoms with Gasteiger partial charge in [-0.05, 0) is 6.07 Å². The summed E-state index contributed by atoms with van der Waals surface area (Å²) >= 11 is 1.56. The third-order valence-corrected chi connectivity index (χ3v) is 5.90. The summed E-state index contributed by atoms with van der Waals surface area (Å²) in [5, 5.41) is -0.310. The van der Waals surface area contributed by atoms with Gasteiger partial charge in [0.15, 0.2) is 11.5 Å². The topological polar surface area (TPSA) is 65.1 Å². The van der Waals surface area contributed by atoms with Gasteiger partial charge in [0.1, 0.15) is 5.75 Å². The fraction of sp³-hybridized carbons (Fsp3) is 0.538. The number of benzene rings is 1. The Morgan fingerprint density at radius 3 is 2.19 bits per heavy atom. The molecule has 0 bridgehead atoms. The van der Waals surface area contributed by atoms with Gasteiger partial charge in [-0.15, -0.1) is 11.8 Å². The molecule has 21 heavy (non-hydrogen) atoms. The average Bonchev–Trinajstić information content (AvgIpc) is 2.95. The predicted molar refractivity (Wildman–Crippen MR) is 82.8 cm³/mol. The highest BCUT2D eigenvalue weighted by Crippen LogP contribution is 2.46. The van der Waals surface area contributed by atoms with Gasteiger partial charge in [-0.2, -0.15) is 4.31 Å². The van der Waals surface area contributed by atoms with Crippen LogP contribution in [0.4, 0.5) is 0 Å².